The molecule has 2 aromatic carbocycles. The Morgan fingerprint density at radius 1 is 1.15 bits per heavy atom. The molecule has 1 saturated heterocycles. The molecule has 3 nitrogen and oxygen atoms in total. The summed E-state index contributed by atoms with van der Waals surface area (Å²) < 4.78 is 1.03. The summed E-state index contributed by atoms with van der Waals surface area (Å²) >= 11 is 3.47. The first-order valence-electron chi connectivity index (χ1n) is 9.07. The predicted octanol–water partition coefficient (Wildman–Crippen LogP) is 5.54. The van der Waals surface area contributed by atoms with E-state index in [1.807, 2.05) is 59.5 Å². The highest BCUT2D eigenvalue weighted by atomic mass is 79.9. The van der Waals surface area contributed by atoms with Gasteiger partial charge in [-0.3, -0.25) is 4.79 Å². The Labute approximate surface area is 162 Å². The maximum Gasteiger partial charge on any atom is 0.254 e. The van der Waals surface area contributed by atoms with Crippen molar-refractivity contribution in [1.29, 1.82) is 0 Å². The van der Waals surface area contributed by atoms with Crippen LogP contribution >= 0.6 is 15.9 Å². The van der Waals surface area contributed by atoms with Crippen molar-refractivity contribution in [1.82, 2.24) is 9.88 Å². The van der Waals surface area contributed by atoms with Crippen molar-refractivity contribution in [3.63, 3.8) is 0 Å². The zero-order chi connectivity index (χ0) is 18.1. The van der Waals surface area contributed by atoms with Gasteiger partial charge in [-0.15, -0.1) is 0 Å². The van der Waals surface area contributed by atoms with Crippen LogP contribution in [-0.4, -0.2) is 28.9 Å². The number of carbonyl (C=O) groups is 1. The fourth-order valence-corrected chi connectivity index (χ4v) is 3.93. The molecule has 1 unspecified atom stereocenters. The van der Waals surface area contributed by atoms with Crippen molar-refractivity contribution in [3.8, 4) is 11.3 Å². The number of piperidine rings is 1. The third-order valence-corrected chi connectivity index (χ3v) is 5.56. The van der Waals surface area contributed by atoms with Gasteiger partial charge in [0.25, 0.3) is 5.91 Å². The second-order valence-electron chi connectivity index (χ2n) is 7.08. The molecule has 1 fully saturated rings. The van der Waals surface area contributed by atoms with Crippen LogP contribution in [0.1, 0.15) is 30.1 Å². The summed E-state index contributed by atoms with van der Waals surface area (Å²) in [5, 5.41) is 0.927. The molecule has 1 aromatic heterocycles. The van der Waals surface area contributed by atoms with E-state index in [1.54, 1.807) is 0 Å². The van der Waals surface area contributed by atoms with Crippen LogP contribution in [0.25, 0.3) is 22.2 Å². The Morgan fingerprint density at radius 2 is 1.92 bits per heavy atom. The fourth-order valence-electron chi connectivity index (χ4n) is 3.67. The molecule has 2 heterocycles. The summed E-state index contributed by atoms with van der Waals surface area (Å²) in [5.74, 6) is 0.681. The van der Waals surface area contributed by atoms with Crippen LogP contribution in [0, 0.1) is 5.92 Å². The number of likely N-dealkylation sites (tertiary alicyclic amines) is 1. The molecular formula is C22H21BrN2O. The number of aromatic nitrogens is 1. The lowest BCUT2D eigenvalue weighted by Gasteiger charge is -2.31. The van der Waals surface area contributed by atoms with Gasteiger partial charge in [0.1, 0.15) is 0 Å². The maximum atomic E-state index is 13.3. The molecule has 0 N–H and O–H groups in total. The van der Waals surface area contributed by atoms with Gasteiger partial charge in [-0.25, -0.2) is 4.98 Å². The second kappa shape index (κ2) is 7.20. The third-order valence-electron chi connectivity index (χ3n) is 5.03. The summed E-state index contributed by atoms with van der Waals surface area (Å²) in [7, 11) is 0. The monoisotopic (exact) mass is 408 g/mol. The van der Waals surface area contributed by atoms with E-state index in [-0.39, 0.29) is 5.91 Å². The largest absolute Gasteiger partial charge is 0.338 e. The van der Waals surface area contributed by atoms with Gasteiger partial charge >= 0.3 is 0 Å². The number of carbonyl (C=O) groups excluding carboxylic acids is 1. The van der Waals surface area contributed by atoms with Gasteiger partial charge in [0.2, 0.25) is 0 Å². The van der Waals surface area contributed by atoms with Crippen LogP contribution in [0.5, 0.6) is 0 Å². The highest BCUT2D eigenvalue weighted by Gasteiger charge is 2.24. The van der Waals surface area contributed by atoms with E-state index in [0.717, 1.165) is 51.7 Å². The first-order valence-corrected chi connectivity index (χ1v) is 9.86. The van der Waals surface area contributed by atoms with Crippen molar-refractivity contribution >= 4 is 32.7 Å². The fraction of sp³-hybridized carbons (Fsp3) is 0.273. The van der Waals surface area contributed by atoms with Gasteiger partial charge in [-0.2, -0.15) is 0 Å². The Balaban J connectivity index is 1.82. The highest BCUT2D eigenvalue weighted by molar-refractivity contribution is 9.10. The summed E-state index contributed by atoms with van der Waals surface area (Å²) in [6.07, 6.45) is 2.28. The normalized spacial score (nSPS) is 17.5. The molecule has 3 aromatic rings. The maximum absolute atomic E-state index is 13.3. The number of nitrogens with zero attached hydrogens (tertiary/aromatic N) is 2. The Hall–Kier alpha value is -2.20. The summed E-state index contributed by atoms with van der Waals surface area (Å²) in [6, 6.07) is 17.9. The minimum absolute atomic E-state index is 0.119. The average molecular weight is 409 g/mol. The van der Waals surface area contributed by atoms with E-state index in [9.17, 15) is 4.79 Å². The molecular weight excluding hydrogens is 388 g/mol. The van der Waals surface area contributed by atoms with Gasteiger partial charge in [-0.05, 0) is 43.0 Å². The molecule has 0 spiro atoms. The first-order chi connectivity index (χ1) is 12.6. The van der Waals surface area contributed by atoms with E-state index < -0.39 is 0 Å². The Bertz CT molecular complexity index is 952. The van der Waals surface area contributed by atoms with Gasteiger partial charge in [0.15, 0.2) is 0 Å². The molecule has 0 radical (unpaired) electrons. The van der Waals surface area contributed by atoms with Gasteiger partial charge in [0, 0.05) is 28.5 Å². The smallest absolute Gasteiger partial charge is 0.254 e. The van der Waals surface area contributed by atoms with Gasteiger partial charge < -0.3 is 4.90 Å². The van der Waals surface area contributed by atoms with Crippen LogP contribution in [0.15, 0.2) is 59.1 Å². The second-order valence-corrected chi connectivity index (χ2v) is 7.99. The number of hydrogen-bond donors (Lipinski definition) is 0. The van der Waals surface area contributed by atoms with Crippen molar-refractivity contribution in [2.24, 2.45) is 5.92 Å². The highest BCUT2D eigenvalue weighted by Crippen LogP contribution is 2.28. The Kier molecular flexibility index (Phi) is 4.77. The zero-order valence-corrected chi connectivity index (χ0v) is 16.4. The van der Waals surface area contributed by atoms with Gasteiger partial charge in [-0.1, -0.05) is 53.2 Å². The van der Waals surface area contributed by atoms with E-state index >= 15 is 0 Å². The summed E-state index contributed by atoms with van der Waals surface area (Å²) in [4.78, 5) is 20.1. The molecule has 4 heteroatoms. The van der Waals surface area contributed by atoms with Crippen LogP contribution < -0.4 is 0 Å². The number of pyridine rings is 1. The molecule has 1 atom stereocenters. The lowest BCUT2D eigenvalue weighted by molar-refractivity contribution is 0.0685. The molecule has 1 aliphatic rings. The van der Waals surface area contributed by atoms with Crippen molar-refractivity contribution in [2.75, 3.05) is 13.1 Å². The topological polar surface area (TPSA) is 33.2 Å². The summed E-state index contributed by atoms with van der Waals surface area (Å²) in [5.41, 5.74) is 3.47. The number of amides is 1. The molecule has 26 heavy (non-hydrogen) atoms. The number of para-hydroxylation sites is 1. The Morgan fingerprint density at radius 3 is 2.69 bits per heavy atom. The minimum atomic E-state index is 0.119. The number of hydrogen-bond acceptors (Lipinski definition) is 2. The third kappa shape index (κ3) is 3.38. The molecule has 4 rings (SSSR count). The van der Waals surface area contributed by atoms with E-state index in [4.69, 9.17) is 4.98 Å². The van der Waals surface area contributed by atoms with Crippen LogP contribution in [0.2, 0.25) is 0 Å². The molecule has 1 amide bonds. The van der Waals surface area contributed by atoms with Crippen molar-refractivity contribution in [3.05, 3.63) is 64.6 Å². The average Bonchev–Trinajstić information content (AvgIpc) is 2.67. The van der Waals surface area contributed by atoms with Crippen molar-refractivity contribution < 1.29 is 4.79 Å². The molecule has 132 valence electrons. The van der Waals surface area contributed by atoms with Crippen molar-refractivity contribution in [2.45, 2.75) is 19.8 Å². The lowest BCUT2D eigenvalue weighted by atomic mass is 9.98. The minimum Gasteiger partial charge on any atom is -0.338 e. The molecule has 0 saturated carbocycles. The standard InChI is InChI=1S/C22H21BrN2O/c1-15-5-4-12-25(14-15)22(26)19-13-21(16-8-10-17(23)11-9-16)24-20-7-3-2-6-18(19)20/h2-3,6-11,13,15H,4-5,12,14H2,1H3. The lowest BCUT2D eigenvalue weighted by Crippen LogP contribution is -2.39. The molecule has 0 bridgehead atoms. The number of benzene rings is 2. The van der Waals surface area contributed by atoms with E-state index in [1.165, 1.54) is 6.42 Å². The van der Waals surface area contributed by atoms with E-state index in [2.05, 4.69) is 22.9 Å². The quantitative estimate of drug-likeness (QED) is 0.557. The van der Waals surface area contributed by atoms with Gasteiger partial charge in [0.05, 0.1) is 16.8 Å². The van der Waals surface area contributed by atoms with Crippen LogP contribution in [0.4, 0.5) is 0 Å². The number of halogens is 1. The predicted molar refractivity (Wildman–Crippen MR) is 109 cm³/mol. The SMILES string of the molecule is CC1CCCN(C(=O)c2cc(-c3ccc(Br)cc3)nc3ccccc23)C1. The van der Waals surface area contributed by atoms with Crippen LogP contribution in [-0.2, 0) is 0 Å². The first kappa shape index (κ1) is 17.2. The molecule has 1 aliphatic heterocycles. The number of fused-ring (bicyclic) bond motifs is 1. The molecule has 0 aliphatic carbocycles. The number of rotatable bonds is 2. The summed E-state index contributed by atoms with van der Waals surface area (Å²) in [6.45, 7) is 3.90. The van der Waals surface area contributed by atoms with Crippen LogP contribution in [0.3, 0.4) is 0 Å². The van der Waals surface area contributed by atoms with E-state index in [0.29, 0.717) is 5.92 Å². The zero-order valence-electron chi connectivity index (χ0n) is 14.8.